The summed E-state index contributed by atoms with van der Waals surface area (Å²) in [5.41, 5.74) is -0.167. The lowest BCUT2D eigenvalue weighted by atomic mass is 9.85. The first-order valence-electron chi connectivity index (χ1n) is 6.74. The van der Waals surface area contributed by atoms with E-state index in [4.69, 9.17) is 9.47 Å². The van der Waals surface area contributed by atoms with Gasteiger partial charge in [0.1, 0.15) is 0 Å². The van der Waals surface area contributed by atoms with Crippen LogP contribution in [0.25, 0.3) is 0 Å². The molecule has 1 saturated carbocycles. The summed E-state index contributed by atoms with van der Waals surface area (Å²) in [6.07, 6.45) is 2.70. The van der Waals surface area contributed by atoms with E-state index in [1.165, 1.54) is 14.2 Å². The molecule has 112 valence electrons. The standard InChI is InChI=1S/C15H24O4Si/c1-7-11-8-15(13(16)18-2,14(17)19-3)9-12(11)10-20(4,5)6/h7,10H,8-9H2,1-6H3/b11-7+. The molecule has 0 saturated heterocycles. The van der Waals surface area contributed by atoms with Gasteiger partial charge in [0.25, 0.3) is 0 Å². The number of hydrogen-bond donors (Lipinski definition) is 0. The zero-order valence-electron chi connectivity index (χ0n) is 13.2. The maximum atomic E-state index is 12.1. The number of esters is 2. The molecule has 5 heteroatoms. The molecular formula is C15H24O4Si. The van der Waals surface area contributed by atoms with E-state index in [2.05, 4.69) is 25.7 Å². The zero-order valence-corrected chi connectivity index (χ0v) is 14.2. The van der Waals surface area contributed by atoms with Crippen molar-refractivity contribution in [1.82, 2.24) is 0 Å². The minimum atomic E-state index is -1.44. The minimum absolute atomic E-state index is 0.360. The smallest absolute Gasteiger partial charge is 0.323 e. The van der Waals surface area contributed by atoms with Crippen LogP contribution in [0.15, 0.2) is 11.6 Å². The van der Waals surface area contributed by atoms with E-state index in [1.807, 2.05) is 13.0 Å². The fourth-order valence-corrected chi connectivity index (χ4v) is 3.99. The van der Waals surface area contributed by atoms with Gasteiger partial charge in [-0.3, -0.25) is 9.59 Å². The normalized spacial score (nSPS) is 21.0. The van der Waals surface area contributed by atoms with Gasteiger partial charge in [-0.1, -0.05) is 31.3 Å². The summed E-state index contributed by atoms with van der Waals surface area (Å²) in [6.45, 7) is 8.61. The van der Waals surface area contributed by atoms with Crippen molar-refractivity contribution in [1.29, 1.82) is 0 Å². The summed E-state index contributed by atoms with van der Waals surface area (Å²) < 4.78 is 9.70. The van der Waals surface area contributed by atoms with E-state index < -0.39 is 25.4 Å². The molecule has 1 rings (SSSR count). The van der Waals surface area contributed by atoms with E-state index in [0.717, 1.165) is 11.5 Å². The molecule has 0 atom stereocenters. The van der Waals surface area contributed by atoms with Gasteiger partial charge in [0.2, 0.25) is 0 Å². The fourth-order valence-electron chi connectivity index (χ4n) is 2.66. The van der Waals surface area contributed by atoms with Crippen molar-refractivity contribution in [3.63, 3.8) is 0 Å². The second-order valence-corrected chi connectivity index (χ2v) is 11.3. The molecule has 0 aromatic heterocycles. The first-order chi connectivity index (χ1) is 9.20. The van der Waals surface area contributed by atoms with Gasteiger partial charge in [-0.2, -0.15) is 0 Å². The van der Waals surface area contributed by atoms with E-state index in [9.17, 15) is 9.59 Å². The number of carbonyl (C=O) groups excluding carboxylic acids is 2. The van der Waals surface area contributed by atoms with Crippen LogP contribution in [-0.2, 0) is 19.1 Å². The quantitative estimate of drug-likeness (QED) is 0.455. The summed E-state index contributed by atoms with van der Waals surface area (Å²) in [4.78, 5) is 24.3. The number of carbonyl (C=O) groups is 2. The van der Waals surface area contributed by atoms with Crippen LogP contribution in [0.5, 0.6) is 0 Å². The Hall–Kier alpha value is -1.10. The average molecular weight is 296 g/mol. The maximum absolute atomic E-state index is 12.1. The predicted molar refractivity (Wildman–Crippen MR) is 80.3 cm³/mol. The van der Waals surface area contributed by atoms with Gasteiger partial charge in [0.15, 0.2) is 5.41 Å². The first kappa shape index (κ1) is 16.9. The van der Waals surface area contributed by atoms with E-state index >= 15 is 0 Å². The Bertz CT molecular complexity index is 404. The predicted octanol–water partition coefficient (Wildman–Crippen LogP) is 2.72. The van der Waals surface area contributed by atoms with E-state index in [1.54, 1.807) is 0 Å². The Morgan fingerprint density at radius 3 is 1.95 bits per heavy atom. The highest BCUT2D eigenvalue weighted by atomic mass is 28.3. The molecule has 0 bridgehead atoms. The molecule has 0 aliphatic heterocycles. The van der Waals surface area contributed by atoms with Crippen LogP contribution in [0.4, 0.5) is 0 Å². The zero-order chi connectivity index (χ0) is 15.6. The van der Waals surface area contributed by atoms with Crippen molar-refractivity contribution in [2.24, 2.45) is 5.41 Å². The third kappa shape index (κ3) is 3.31. The number of allylic oxidation sites excluding steroid dienone is 2. The summed E-state index contributed by atoms with van der Waals surface area (Å²) >= 11 is 0. The SMILES string of the molecule is C/C=C1\CC(C(=O)OC)(C(=O)OC)C[C]1[CH][Si](C)(C)C. The van der Waals surface area contributed by atoms with E-state index in [0.29, 0.717) is 12.8 Å². The Kier molecular flexibility index (Phi) is 5.19. The van der Waals surface area contributed by atoms with Crippen LogP contribution < -0.4 is 0 Å². The Morgan fingerprint density at radius 1 is 1.10 bits per heavy atom. The van der Waals surface area contributed by atoms with Crippen molar-refractivity contribution in [3.05, 3.63) is 23.6 Å². The lowest BCUT2D eigenvalue weighted by Gasteiger charge is -2.24. The van der Waals surface area contributed by atoms with Crippen molar-refractivity contribution in [2.75, 3.05) is 14.2 Å². The Labute approximate surface area is 122 Å². The third-order valence-corrected chi connectivity index (χ3v) is 4.72. The second kappa shape index (κ2) is 6.12. The molecule has 0 aromatic rings. The molecule has 0 amide bonds. The lowest BCUT2D eigenvalue weighted by molar-refractivity contribution is -0.168. The van der Waals surface area contributed by atoms with Crippen LogP contribution in [0, 0.1) is 17.4 Å². The largest absolute Gasteiger partial charge is 0.468 e. The molecule has 2 radical (unpaired) electrons. The van der Waals surface area contributed by atoms with Crippen molar-refractivity contribution in [3.8, 4) is 0 Å². The number of rotatable bonds is 4. The van der Waals surface area contributed by atoms with Crippen LogP contribution in [0.2, 0.25) is 19.6 Å². The molecule has 20 heavy (non-hydrogen) atoms. The third-order valence-electron chi connectivity index (χ3n) is 3.50. The van der Waals surface area contributed by atoms with Gasteiger partial charge in [-0.25, -0.2) is 0 Å². The van der Waals surface area contributed by atoms with Gasteiger partial charge >= 0.3 is 11.9 Å². The molecule has 0 unspecified atom stereocenters. The van der Waals surface area contributed by atoms with Crippen molar-refractivity contribution < 1.29 is 19.1 Å². The number of ether oxygens (including phenoxy) is 2. The van der Waals surface area contributed by atoms with Crippen molar-refractivity contribution >= 4 is 20.0 Å². The van der Waals surface area contributed by atoms with Gasteiger partial charge in [-0.05, 0) is 25.8 Å². The van der Waals surface area contributed by atoms with Crippen molar-refractivity contribution in [2.45, 2.75) is 39.4 Å². The molecule has 4 nitrogen and oxygen atoms in total. The molecule has 0 spiro atoms. The van der Waals surface area contributed by atoms with Crippen LogP contribution in [0.1, 0.15) is 19.8 Å². The molecule has 0 aromatic carbocycles. The highest BCUT2D eigenvalue weighted by Crippen LogP contribution is 2.50. The molecule has 1 aliphatic rings. The average Bonchev–Trinajstić information content (AvgIpc) is 2.74. The van der Waals surface area contributed by atoms with Gasteiger partial charge in [0, 0.05) is 14.0 Å². The van der Waals surface area contributed by atoms with E-state index in [-0.39, 0.29) is 0 Å². The highest BCUT2D eigenvalue weighted by molar-refractivity contribution is 6.80. The molecular weight excluding hydrogens is 272 g/mol. The van der Waals surface area contributed by atoms with Gasteiger partial charge in [-0.15, -0.1) is 0 Å². The second-order valence-electron chi connectivity index (χ2n) is 6.27. The summed E-state index contributed by atoms with van der Waals surface area (Å²) in [7, 11) is 1.18. The lowest BCUT2D eigenvalue weighted by Crippen LogP contribution is -2.39. The molecule has 1 aliphatic carbocycles. The van der Waals surface area contributed by atoms with Crippen LogP contribution in [-0.4, -0.2) is 34.2 Å². The van der Waals surface area contributed by atoms with Crippen LogP contribution >= 0.6 is 0 Å². The maximum Gasteiger partial charge on any atom is 0.323 e. The first-order valence-corrected chi connectivity index (χ1v) is 10.3. The molecule has 0 N–H and O–H groups in total. The Morgan fingerprint density at radius 2 is 1.60 bits per heavy atom. The number of methoxy groups -OCH3 is 2. The fraction of sp³-hybridized carbons (Fsp3) is 0.600. The summed E-state index contributed by atoms with van der Waals surface area (Å²) in [6, 6.07) is 2.25. The minimum Gasteiger partial charge on any atom is -0.468 e. The van der Waals surface area contributed by atoms with Gasteiger partial charge < -0.3 is 9.47 Å². The number of hydrogen-bond acceptors (Lipinski definition) is 4. The van der Waals surface area contributed by atoms with Gasteiger partial charge in [0.05, 0.1) is 14.2 Å². The molecule has 1 fully saturated rings. The Balaban J connectivity index is 3.13. The molecule has 0 heterocycles. The summed E-state index contributed by atoms with van der Waals surface area (Å²) in [5, 5.41) is 0. The highest BCUT2D eigenvalue weighted by Gasteiger charge is 2.55. The monoisotopic (exact) mass is 296 g/mol. The topological polar surface area (TPSA) is 52.6 Å². The van der Waals surface area contributed by atoms with Crippen LogP contribution in [0.3, 0.4) is 0 Å². The summed E-state index contributed by atoms with van der Waals surface area (Å²) in [5.74, 6) is 0.0628.